The number of methoxy groups -OCH3 is 1. The van der Waals surface area contributed by atoms with Gasteiger partial charge in [-0.1, -0.05) is 19.3 Å². The van der Waals surface area contributed by atoms with Gasteiger partial charge in [-0.15, -0.1) is 0 Å². The molecule has 0 radical (unpaired) electrons. The monoisotopic (exact) mass is 246 g/mol. The molecular formula is C14H18N2O2. The number of rotatable bonds is 1. The van der Waals surface area contributed by atoms with Gasteiger partial charge >= 0.3 is 0 Å². The summed E-state index contributed by atoms with van der Waals surface area (Å²) in [6.07, 6.45) is 5.27. The first-order chi connectivity index (χ1) is 8.73. The molecule has 1 amide bonds. The molecule has 1 aliphatic heterocycles. The van der Waals surface area contributed by atoms with Crippen LogP contribution in [0.5, 0.6) is 5.75 Å². The van der Waals surface area contributed by atoms with E-state index in [1.165, 1.54) is 6.42 Å². The summed E-state index contributed by atoms with van der Waals surface area (Å²) < 4.78 is 5.23. The minimum atomic E-state index is -0.405. The van der Waals surface area contributed by atoms with Crippen LogP contribution in [-0.4, -0.2) is 18.6 Å². The van der Waals surface area contributed by atoms with E-state index in [0.29, 0.717) is 0 Å². The molecule has 0 aromatic heterocycles. The van der Waals surface area contributed by atoms with Crippen LogP contribution in [0.25, 0.3) is 0 Å². The summed E-state index contributed by atoms with van der Waals surface area (Å²) in [6, 6.07) is 5.69. The summed E-state index contributed by atoms with van der Waals surface area (Å²) in [6.45, 7) is 0. The Morgan fingerprint density at radius 3 is 2.67 bits per heavy atom. The number of hydrogen-bond acceptors (Lipinski definition) is 3. The maximum atomic E-state index is 12.3. The van der Waals surface area contributed by atoms with Crippen LogP contribution >= 0.6 is 0 Å². The van der Waals surface area contributed by atoms with Gasteiger partial charge in [-0.3, -0.25) is 4.79 Å². The van der Waals surface area contributed by atoms with Crippen LogP contribution in [0, 0.1) is 0 Å². The fourth-order valence-corrected chi connectivity index (χ4v) is 2.93. The van der Waals surface area contributed by atoms with E-state index in [1.54, 1.807) is 7.11 Å². The van der Waals surface area contributed by atoms with Crippen molar-refractivity contribution >= 4 is 17.3 Å². The predicted molar refractivity (Wildman–Crippen MR) is 71.1 cm³/mol. The van der Waals surface area contributed by atoms with Gasteiger partial charge in [0.05, 0.1) is 18.5 Å². The topological polar surface area (TPSA) is 50.4 Å². The van der Waals surface area contributed by atoms with Gasteiger partial charge < -0.3 is 15.4 Å². The number of ether oxygens (including phenoxy) is 1. The van der Waals surface area contributed by atoms with Gasteiger partial charge in [0.15, 0.2) is 0 Å². The molecule has 0 saturated heterocycles. The molecule has 1 aromatic rings. The van der Waals surface area contributed by atoms with Crippen molar-refractivity contribution in [3.63, 3.8) is 0 Å². The molecule has 2 N–H and O–H groups in total. The molecular weight excluding hydrogens is 228 g/mol. The van der Waals surface area contributed by atoms with Crippen LogP contribution in [0.15, 0.2) is 18.2 Å². The molecule has 1 fully saturated rings. The second-order valence-electron chi connectivity index (χ2n) is 5.13. The van der Waals surface area contributed by atoms with E-state index in [0.717, 1.165) is 42.8 Å². The van der Waals surface area contributed by atoms with Crippen molar-refractivity contribution in [2.75, 3.05) is 17.7 Å². The molecule has 1 aromatic carbocycles. The highest BCUT2D eigenvalue weighted by Gasteiger charge is 2.42. The molecule has 3 rings (SSSR count). The van der Waals surface area contributed by atoms with Gasteiger partial charge in [-0.05, 0) is 25.0 Å². The van der Waals surface area contributed by atoms with E-state index in [2.05, 4.69) is 10.6 Å². The lowest BCUT2D eigenvalue weighted by atomic mass is 9.79. The van der Waals surface area contributed by atoms with Crippen LogP contribution in [0.3, 0.4) is 0 Å². The highest BCUT2D eigenvalue weighted by Crippen LogP contribution is 2.40. The van der Waals surface area contributed by atoms with Crippen LogP contribution in [0.4, 0.5) is 11.4 Å². The van der Waals surface area contributed by atoms with Crippen LogP contribution in [-0.2, 0) is 4.79 Å². The molecule has 1 spiro atoms. The van der Waals surface area contributed by atoms with E-state index in [4.69, 9.17) is 4.74 Å². The molecule has 4 heteroatoms. The van der Waals surface area contributed by atoms with E-state index in [-0.39, 0.29) is 5.91 Å². The summed E-state index contributed by atoms with van der Waals surface area (Å²) in [4.78, 5) is 12.3. The standard InChI is InChI=1S/C14H18N2O2/c1-18-10-5-6-11-12(9-10)16-14(13(17)15-11)7-3-2-4-8-14/h5-6,9,16H,2-4,7-8H2,1H3,(H,15,17). The molecule has 96 valence electrons. The summed E-state index contributed by atoms with van der Waals surface area (Å²) in [5.74, 6) is 0.920. The molecule has 0 atom stereocenters. The Bertz CT molecular complexity index is 479. The third kappa shape index (κ3) is 1.72. The molecule has 1 aliphatic carbocycles. The van der Waals surface area contributed by atoms with Gasteiger partial charge in [0.25, 0.3) is 0 Å². The Labute approximate surface area is 107 Å². The van der Waals surface area contributed by atoms with Gasteiger partial charge in [0.1, 0.15) is 11.3 Å². The minimum Gasteiger partial charge on any atom is -0.497 e. The van der Waals surface area contributed by atoms with E-state index < -0.39 is 5.54 Å². The highest BCUT2D eigenvalue weighted by molar-refractivity contribution is 6.06. The zero-order chi connectivity index (χ0) is 12.6. The maximum absolute atomic E-state index is 12.3. The lowest BCUT2D eigenvalue weighted by molar-refractivity contribution is -0.121. The lowest BCUT2D eigenvalue weighted by Gasteiger charge is -2.41. The summed E-state index contributed by atoms with van der Waals surface area (Å²) in [5, 5.41) is 6.46. The summed E-state index contributed by atoms with van der Waals surface area (Å²) >= 11 is 0. The van der Waals surface area contributed by atoms with E-state index in [1.807, 2.05) is 18.2 Å². The quantitative estimate of drug-likeness (QED) is 0.801. The first kappa shape index (κ1) is 11.4. The van der Waals surface area contributed by atoms with Crippen molar-refractivity contribution in [2.45, 2.75) is 37.6 Å². The van der Waals surface area contributed by atoms with Crippen molar-refractivity contribution in [2.24, 2.45) is 0 Å². The minimum absolute atomic E-state index is 0.111. The van der Waals surface area contributed by atoms with Crippen molar-refractivity contribution in [1.82, 2.24) is 0 Å². The summed E-state index contributed by atoms with van der Waals surface area (Å²) in [7, 11) is 1.65. The number of amides is 1. The smallest absolute Gasteiger partial charge is 0.250 e. The second-order valence-corrected chi connectivity index (χ2v) is 5.13. The van der Waals surface area contributed by atoms with E-state index in [9.17, 15) is 4.79 Å². The molecule has 1 saturated carbocycles. The zero-order valence-corrected chi connectivity index (χ0v) is 10.6. The highest BCUT2D eigenvalue weighted by atomic mass is 16.5. The number of carbonyl (C=O) groups is 1. The predicted octanol–water partition coefficient (Wildman–Crippen LogP) is 2.76. The average Bonchev–Trinajstić information content (AvgIpc) is 2.41. The van der Waals surface area contributed by atoms with Crippen molar-refractivity contribution in [1.29, 1.82) is 0 Å². The molecule has 4 nitrogen and oxygen atoms in total. The van der Waals surface area contributed by atoms with Crippen LogP contribution in [0.1, 0.15) is 32.1 Å². The van der Waals surface area contributed by atoms with Crippen LogP contribution in [0.2, 0.25) is 0 Å². The lowest BCUT2D eigenvalue weighted by Crippen LogP contribution is -2.53. The SMILES string of the molecule is COc1ccc2c(c1)NC1(CCCCC1)C(=O)N2. The van der Waals surface area contributed by atoms with Crippen molar-refractivity contribution in [3.05, 3.63) is 18.2 Å². The number of anilines is 2. The fourth-order valence-electron chi connectivity index (χ4n) is 2.93. The fraction of sp³-hybridized carbons (Fsp3) is 0.500. The largest absolute Gasteiger partial charge is 0.497 e. The van der Waals surface area contributed by atoms with E-state index >= 15 is 0 Å². The third-order valence-electron chi connectivity index (χ3n) is 3.99. The van der Waals surface area contributed by atoms with Gasteiger partial charge in [-0.25, -0.2) is 0 Å². The second kappa shape index (κ2) is 4.19. The Balaban J connectivity index is 1.96. The van der Waals surface area contributed by atoms with Gasteiger partial charge in [0.2, 0.25) is 5.91 Å². The Morgan fingerprint density at radius 2 is 1.94 bits per heavy atom. The Hall–Kier alpha value is -1.71. The number of benzene rings is 1. The maximum Gasteiger partial charge on any atom is 0.250 e. The Kier molecular flexibility index (Phi) is 2.65. The first-order valence-electron chi connectivity index (χ1n) is 6.51. The molecule has 18 heavy (non-hydrogen) atoms. The Morgan fingerprint density at radius 1 is 1.17 bits per heavy atom. The van der Waals surface area contributed by atoms with Crippen molar-refractivity contribution in [3.8, 4) is 5.75 Å². The van der Waals surface area contributed by atoms with Gasteiger partial charge in [-0.2, -0.15) is 0 Å². The zero-order valence-electron chi connectivity index (χ0n) is 10.6. The number of nitrogens with one attached hydrogen (secondary N) is 2. The van der Waals surface area contributed by atoms with Crippen LogP contribution < -0.4 is 15.4 Å². The normalized spacial score (nSPS) is 20.8. The number of fused-ring (bicyclic) bond motifs is 1. The summed E-state index contributed by atoms with van der Waals surface area (Å²) in [5.41, 5.74) is 1.41. The van der Waals surface area contributed by atoms with Crippen molar-refractivity contribution < 1.29 is 9.53 Å². The molecule has 1 heterocycles. The number of hydrogen-bond donors (Lipinski definition) is 2. The van der Waals surface area contributed by atoms with Gasteiger partial charge in [0, 0.05) is 6.07 Å². The third-order valence-corrected chi connectivity index (χ3v) is 3.99. The molecule has 0 unspecified atom stereocenters. The average molecular weight is 246 g/mol. The number of carbonyl (C=O) groups excluding carboxylic acids is 1. The first-order valence-corrected chi connectivity index (χ1v) is 6.51. The molecule has 2 aliphatic rings. The molecule has 0 bridgehead atoms.